The van der Waals surface area contributed by atoms with Gasteiger partial charge in [-0.3, -0.25) is 4.90 Å². The number of nitrogens with zero attached hydrogens (tertiary/aromatic N) is 1. The predicted molar refractivity (Wildman–Crippen MR) is 62.2 cm³/mol. The molecule has 0 amide bonds. The summed E-state index contributed by atoms with van der Waals surface area (Å²) in [6.07, 6.45) is 2.56. The van der Waals surface area contributed by atoms with Crippen molar-refractivity contribution in [3.63, 3.8) is 0 Å². The second kappa shape index (κ2) is 5.13. The molecule has 2 nitrogen and oxygen atoms in total. The fraction of sp³-hybridized carbons (Fsp3) is 1.00. The van der Waals surface area contributed by atoms with Gasteiger partial charge in [0.2, 0.25) is 0 Å². The van der Waals surface area contributed by atoms with Gasteiger partial charge in [-0.15, -0.1) is 0 Å². The van der Waals surface area contributed by atoms with E-state index in [9.17, 15) is 0 Å². The fourth-order valence-corrected chi connectivity index (χ4v) is 2.70. The van der Waals surface area contributed by atoms with Gasteiger partial charge in [-0.2, -0.15) is 0 Å². The predicted octanol–water partition coefficient (Wildman–Crippen LogP) is 2.09. The Hall–Kier alpha value is -0.0800. The van der Waals surface area contributed by atoms with Gasteiger partial charge < -0.3 is 5.73 Å². The van der Waals surface area contributed by atoms with E-state index >= 15 is 0 Å². The molecule has 3 unspecified atom stereocenters. The molecule has 14 heavy (non-hydrogen) atoms. The summed E-state index contributed by atoms with van der Waals surface area (Å²) < 4.78 is 0. The Morgan fingerprint density at radius 2 is 2.00 bits per heavy atom. The van der Waals surface area contributed by atoms with Crippen LogP contribution in [0.3, 0.4) is 0 Å². The molecule has 1 fully saturated rings. The third-order valence-corrected chi connectivity index (χ3v) is 3.66. The molecule has 0 radical (unpaired) electrons. The zero-order valence-corrected chi connectivity index (χ0v) is 10.2. The largest absolute Gasteiger partial charge is 0.328 e. The molecule has 1 heterocycles. The van der Waals surface area contributed by atoms with E-state index in [-0.39, 0.29) is 0 Å². The lowest BCUT2D eigenvalue weighted by molar-refractivity contribution is 0.177. The normalized spacial score (nSPS) is 28.3. The first-order valence-corrected chi connectivity index (χ1v) is 6.05. The van der Waals surface area contributed by atoms with Gasteiger partial charge in [0.05, 0.1) is 0 Å². The lowest BCUT2D eigenvalue weighted by Gasteiger charge is -2.30. The zero-order chi connectivity index (χ0) is 10.7. The average molecular weight is 198 g/mol. The summed E-state index contributed by atoms with van der Waals surface area (Å²) in [7, 11) is 0. The highest BCUT2D eigenvalue weighted by atomic mass is 15.2. The monoisotopic (exact) mass is 198 g/mol. The standard InChI is InChI=1S/C12H26N2/c1-5-12(9(2)3)14-7-6-11(8-14)10(4)13/h9-12H,5-8,13H2,1-4H3. The van der Waals surface area contributed by atoms with Crippen molar-refractivity contribution in [1.82, 2.24) is 4.90 Å². The van der Waals surface area contributed by atoms with Gasteiger partial charge in [0.15, 0.2) is 0 Å². The van der Waals surface area contributed by atoms with Crippen molar-refractivity contribution in [3.05, 3.63) is 0 Å². The van der Waals surface area contributed by atoms with E-state index in [0.29, 0.717) is 6.04 Å². The minimum atomic E-state index is 0.365. The number of likely N-dealkylation sites (tertiary alicyclic amines) is 1. The molecule has 0 bridgehead atoms. The van der Waals surface area contributed by atoms with E-state index in [1.807, 2.05) is 0 Å². The van der Waals surface area contributed by atoms with Gasteiger partial charge in [-0.25, -0.2) is 0 Å². The molecule has 1 saturated heterocycles. The average Bonchev–Trinajstić information content (AvgIpc) is 2.53. The van der Waals surface area contributed by atoms with Gasteiger partial charge >= 0.3 is 0 Å². The molecule has 0 aliphatic carbocycles. The van der Waals surface area contributed by atoms with Crippen molar-refractivity contribution in [2.45, 2.75) is 52.6 Å². The van der Waals surface area contributed by atoms with Crippen LogP contribution in [0.25, 0.3) is 0 Å². The second-order valence-electron chi connectivity index (χ2n) is 5.12. The van der Waals surface area contributed by atoms with Crippen LogP contribution in [0.5, 0.6) is 0 Å². The highest BCUT2D eigenvalue weighted by Crippen LogP contribution is 2.25. The van der Waals surface area contributed by atoms with Crippen LogP contribution in [-0.2, 0) is 0 Å². The summed E-state index contributed by atoms with van der Waals surface area (Å²) in [5.74, 6) is 1.50. The van der Waals surface area contributed by atoms with Crippen molar-refractivity contribution < 1.29 is 0 Å². The van der Waals surface area contributed by atoms with Crippen LogP contribution >= 0.6 is 0 Å². The molecule has 84 valence electrons. The smallest absolute Gasteiger partial charge is 0.0116 e. The first-order chi connectivity index (χ1) is 6.56. The van der Waals surface area contributed by atoms with E-state index in [4.69, 9.17) is 5.73 Å². The zero-order valence-electron chi connectivity index (χ0n) is 10.2. The molecule has 1 rings (SSSR count). The van der Waals surface area contributed by atoms with E-state index in [1.165, 1.54) is 25.9 Å². The Morgan fingerprint density at radius 3 is 2.36 bits per heavy atom. The van der Waals surface area contributed by atoms with Gasteiger partial charge in [0.1, 0.15) is 0 Å². The number of rotatable bonds is 4. The van der Waals surface area contributed by atoms with Crippen LogP contribution in [0, 0.1) is 11.8 Å². The summed E-state index contributed by atoms with van der Waals surface area (Å²) in [5, 5.41) is 0. The van der Waals surface area contributed by atoms with Gasteiger partial charge in [0.25, 0.3) is 0 Å². The van der Waals surface area contributed by atoms with Gasteiger partial charge in [-0.1, -0.05) is 20.8 Å². The van der Waals surface area contributed by atoms with E-state index < -0.39 is 0 Å². The Bertz CT molecular complexity index is 166. The van der Waals surface area contributed by atoms with Gasteiger partial charge in [0, 0.05) is 18.6 Å². The van der Waals surface area contributed by atoms with Crippen LogP contribution in [0.15, 0.2) is 0 Å². The molecule has 1 aliphatic heterocycles. The lowest BCUT2D eigenvalue weighted by atomic mass is 9.99. The summed E-state index contributed by atoms with van der Waals surface area (Å²) in [6.45, 7) is 11.6. The van der Waals surface area contributed by atoms with Crippen LogP contribution < -0.4 is 5.73 Å². The molecule has 3 atom stereocenters. The molecule has 0 aromatic rings. The maximum Gasteiger partial charge on any atom is 0.0116 e. The third-order valence-electron chi connectivity index (χ3n) is 3.66. The molecular formula is C12H26N2. The molecule has 1 aliphatic rings. The SMILES string of the molecule is CCC(C(C)C)N1CCC(C(C)N)C1. The number of hydrogen-bond acceptors (Lipinski definition) is 2. The fourth-order valence-electron chi connectivity index (χ4n) is 2.70. The van der Waals surface area contributed by atoms with Gasteiger partial charge in [-0.05, 0) is 38.1 Å². The van der Waals surface area contributed by atoms with Crippen molar-refractivity contribution in [1.29, 1.82) is 0 Å². The Kier molecular flexibility index (Phi) is 4.39. The quantitative estimate of drug-likeness (QED) is 0.749. The molecule has 2 N–H and O–H groups in total. The summed E-state index contributed by atoms with van der Waals surface area (Å²) >= 11 is 0. The van der Waals surface area contributed by atoms with E-state index in [0.717, 1.165) is 17.9 Å². The van der Waals surface area contributed by atoms with Crippen molar-refractivity contribution >= 4 is 0 Å². The maximum absolute atomic E-state index is 5.95. The first-order valence-electron chi connectivity index (χ1n) is 6.05. The Labute approximate surface area is 88.8 Å². The Balaban J connectivity index is 2.47. The molecule has 2 heteroatoms. The maximum atomic E-state index is 5.95. The van der Waals surface area contributed by atoms with E-state index in [1.54, 1.807) is 0 Å². The topological polar surface area (TPSA) is 29.3 Å². The minimum absolute atomic E-state index is 0.365. The van der Waals surface area contributed by atoms with Crippen molar-refractivity contribution in [2.24, 2.45) is 17.6 Å². The van der Waals surface area contributed by atoms with E-state index in [2.05, 4.69) is 32.6 Å². The second-order valence-corrected chi connectivity index (χ2v) is 5.12. The molecule has 0 saturated carbocycles. The molecule has 0 spiro atoms. The van der Waals surface area contributed by atoms with Crippen LogP contribution in [0.4, 0.5) is 0 Å². The molecule has 0 aromatic carbocycles. The Morgan fingerprint density at radius 1 is 1.36 bits per heavy atom. The van der Waals surface area contributed by atoms with Crippen LogP contribution in [0.2, 0.25) is 0 Å². The summed E-state index contributed by atoms with van der Waals surface area (Å²) in [6, 6.07) is 1.13. The van der Waals surface area contributed by atoms with Crippen molar-refractivity contribution in [3.8, 4) is 0 Å². The lowest BCUT2D eigenvalue weighted by Crippen LogP contribution is -2.38. The van der Waals surface area contributed by atoms with Crippen LogP contribution in [-0.4, -0.2) is 30.1 Å². The number of hydrogen-bond donors (Lipinski definition) is 1. The highest BCUT2D eigenvalue weighted by molar-refractivity contribution is 4.85. The van der Waals surface area contributed by atoms with Crippen molar-refractivity contribution in [2.75, 3.05) is 13.1 Å². The molecule has 0 aromatic heterocycles. The third kappa shape index (κ3) is 2.71. The summed E-state index contributed by atoms with van der Waals surface area (Å²) in [4.78, 5) is 2.64. The minimum Gasteiger partial charge on any atom is -0.328 e. The summed E-state index contributed by atoms with van der Waals surface area (Å²) in [5.41, 5.74) is 5.95. The van der Waals surface area contributed by atoms with Crippen LogP contribution in [0.1, 0.15) is 40.5 Å². The first kappa shape index (κ1) is 12.0. The number of nitrogens with two attached hydrogens (primary N) is 1. The molecular weight excluding hydrogens is 172 g/mol. The highest BCUT2D eigenvalue weighted by Gasteiger charge is 2.30.